The minimum atomic E-state index is 0.0348. The summed E-state index contributed by atoms with van der Waals surface area (Å²) in [6.07, 6.45) is 2.24. The van der Waals surface area contributed by atoms with Gasteiger partial charge < -0.3 is 4.90 Å². The number of aliphatic imine (C=N–C) groups is 1. The largest absolute Gasteiger partial charge is 0.308 e. The zero-order valence-corrected chi connectivity index (χ0v) is 21.5. The van der Waals surface area contributed by atoms with E-state index in [2.05, 4.69) is 82.9 Å². The lowest BCUT2D eigenvalue weighted by atomic mass is 9.88. The maximum absolute atomic E-state index is 6.28. The Kier molecular flexibility index (Phi) is 6.07. The summed E-state index contributed by atoms with van der Waals surface area (Å²) in [5.74, 6) is 0. The number of hydrogen-bond donors (Lipinski definition) is 0. The van der Waals surface area contributed by atoms with Crippen molar-refractivity contribution in [3.05, 3.63) is 128 Å². The molecule has 1 atom stereocenters. The van der Waals surface area contributed by atoms with Crippen LogP contribution < -0.4 is 0 Å². The Labute approximate surface area is 220 Å². The molecule has 174 valence electrons. The molecule has 3 aromatic rings. The average molecular weight is 516 g/mol. The van der Waals surface area contributed by atoms with Gasteiger partial charge in [0.1, 0.15) is 0 Å². The van der Waals surface area contributed by atoms with Gasteiger partial charge in [-0.25, -0.2) is 4.99 Å². The topological polar surface area (TPSA) is 18.8 Å². The lowest BCUT2D eigenvalue weighted by molar-refractivity contribution is 0.344. The Morgan fingerprint density at radius 1 is 0.886 bits per heavy atom. The minimum absolute atomic E-state index is 0.0348. The van der Waals surface area contributed by atoms with Crippen molar-refractivity contribution < 1.29 is 0 Å². The monoisotopic (exact) mass is 515 g/mol. The first kappa shape index (κ1) is 22.7. The number of likely N-dealkylation sites (N-methyl/N-ethyl adjacent to an activating group) is 1. The number of fused-ring (bicyclic) bond motifs is 1. The maximum atomic E-state index is 6.28. The van der Waals surface area contributed by atoms with E-state index in [1.165, 1.54) is 28.0 Å². The zero-order valence-electron chi connectivity index (χ0n) is 19.2. The summed E-state index contributed by atoms with van der Waals surface area (Å²) in [7, 11) is 2.17. The first-order valence-corrected chi connectivity index (χ1v) is 13.1. The molecule has 3 nitrogen and oxygen atoms in total. The number of nitrogens with zero attached hydrogens (tertiary/aromatic N) is 3. The maximum Gasteiger partial charge on any atom is 0.174 e. The Bertz CT molecular complexity index is 1390. The van der Waals surface area contributed by atoms with Gasteiger partial charge in [-0.15, -0.1) is 0 Å². The van der Waals surface area contributed by atoms with Crippen LogP contribution in [0.25, 0.3) is 11.8 Å². The summed E-state index contributed by atoms with van der Waals surface area (Å²) < 4.78 is 0. The number of halogens is 2. The molecule has 0 aliphatic carbocycles. The van der Waals surface area contributed by atoms with Crippen molar-refractivity contribution in [3.63, 3.8) is 0 Å². The number of thioether (sulfide) groups is 1. The molecule has 0 fully saturated rings. The van der Waals surface area contributed by atoms with E-state index in [-0.39, 0.29) is 6.04 Å². The molecule has 6 rings (SSSR count). The van der Waals surface area contributed by atoms with Gasteiger partial charge in [0.15, 0.2) is 5.17 Å². The van der Waals surface area contributed by atoms with Gasteiger partial charge >= 0.3 is 0 Å². The molecule has 0 amide bonds. The van der Waals surface area contributed by atoms with Crippen LogP contribution >= 0.6 is 35.0 Å². The van der Waals surface area contributed by atoms with E-state index < -0.39 is 0 Å². The van der Waals surface area contributed by atoms with E-state index in [1.807, 2.05) is 24.3 Å². The van der Waals surface area contributed by atoms with Crippen LogP contribution in [0.4, 0.5) is 0 Å². The zero-order chi connectivity index (χ0) is 23.9. The third-order valence-electron chi connectivity index (χ3n) is 6.49. The molecule has 0 aromatic heterocycles. The molecule has 0 saturated carbocycles. The molecule has 3 aromatic carbocycles. The molecular weight excluding hydrogens is 493 g/mol. The first-order valence-electron chi connectivity index (χ1n) is 11.5. The summed E-state index contributed by atoms with van der Waals surface area (Å²) in [6, 6.07) is 26.8. The molecule has 6 heteroatoms. The standard InChI is InChI=1S/C29H23Cl2N3S/c1-33-16-22(15-19-7-11-23(30)12-8-19)27-25(17-33)28(21-9-13-24(31)14-10-21)34-26(18-35-29(34)32-27)20-5-3-2-4-6-20/h2-15,18,28H,16-17H2,1H3/b22-15+/t28-/m1/s1. The van der Waals surface area contributed by atoms with E-state index in [4.69, 9.17) is 28.2 Å². The van der Waals surface area contributed by atoms with E-state index in [0.29, 0.717) is 0 Å². The van der Waals surface area contributed by atoms with Crippen LogP contribution in [-0.4, -0.2) is 35.1 Å². The highest BCUT2D eigenvalue weighted by Crippen LogP contribution is 2.49. The van der Waals surface area contributed by atoms with Crippen molar-refractivity contribution in [2.75, 3.05) is 20.1 Å². The summed E-state index contributed by atoms with van der Waals surface area (Å²) in [5, 5.41) is 4.72. The fraction of sp³-hybridized carbons (Fsp3) is 0.138. The fourth-order valence-corrected chi connectivity index (χ4v) is 6.12. The lowest BCUT2D eigenvalue weighted by Crippen LogP contribution is -2.40. The van der Waals surface area contributed by atoms with E-state index in [1.54, 1.807) is 11.8 Å². The molecule has 0 saturated heterocycles. The molecule has 3 heterocycles. The van der Waals surface area contributed by atoms with E-state index in [0.717, 1.165) is 39.6 Å². The van der Waals surface area contributed by atoms with Crippen molar-refractivity contribution in [3.8, 4) is 0 Å². The highest BCUT2D eigenvalue weighted by atomic mass is 35.5. The number of hydrogen-bond acceptors (Lipinski definition) is 4. The van der Waals surface area contributed by atoms with Gasteiger partial charge in [-0.05, 0) is 65.2 Å². The molecule has 3 aliphatic rings. The van der Waals surface area contributed by atoms with Gasteiger partial charge in [0.05, 0.1) is 17.4 Å². The van der Waals surface area contributed by atoms with Gasteiger partial charge in [0.25, 0.3) is 0 Å². The normalized spacial score (nSPS) is 21.1. The van der Waals surface area contributed by atoms with Crippen molar-refractivity contribution in [2.24, 2.45) is 4.99 Å². The van der Waals surface area contributed by atoms with Crippen LogP contribution in [0.3, 0.4) is 0 Å². The first-order chi connectivity index (χ1) is 17.1. The number of amidine groups is 1. The van der Waals surface area contributed by atoms with E-state index in [9.17, 15) is 0 Å². The molecule has 0 N–H and O–H groups in total. The number of rotatable bonds is 3. The van der Waals surface area contributed by atoms with Crippen LogP contribution in [-0.2, 0) is 0 Å². The van der Waals surface area contributed by atoms with Gasteiger partial charge in [-0.3, -0.25) is 4.90 Å². The molecule has 0 spiro atoms. The van der Waals surface area contributed by atoms with Gasteiger partial charge in [-0.1, -0.05) is 89.6 Å². The predicted molar refractivity (Wildman–Crippen MR) is 149 cm³/mol. The minimum Gasteiger partial charge on any atom is -0.308 e. The van der Waals surface area contributed by atoms with Crippen molar-refractivity contribution in [1.29, 1.82) is 0 Å². The smallest absolute Gasteiger partial charge is 0.174 e. The van der Waals surface area contributed by atoms with Gasteiger partial charge in [-0.2, -0.15) is 0 Å². The third kappa shape index (κ3) is 4.36. The molecule has 0 bridgehead atoms. The average Bonchev–Trinajstić information content (AvgIpc) is 3.29. The van der Waals surface area contributed by atoms with Crippen LogP contribution in [0.2, 0.25) is 10.0 Å². The van der Waals surface area contributed by atoms with Crippen LogP contribution in [0, 0.1) is 0 Å². The quantitative estimate of drug-likeness (QED) is 0.355. The van der Waals surface area contributed by atoms with Gasteiger partial charge in [0, 0.05) is 28.5 Å². The molecule has 0 unspecified atom stereocenters. The second kappa shape index (κ2) is 9.36. The fourth-order valence-electron chi connectivity index (χ4n) is 4.94. The molecule has 3 aliphatic heterocycles. The van der Waals surface area contributed by atoms with Crippen molar-refractivity contribution in [2.45, 2.75) is 6.04 Å². The molecule has 35 heavy (non-hydrogen) atoms. The SMILES string of the molecule is CN1CC2=C(N=C3SC=C(c4ccccc4)N3[C@@H]2c2ccc(Cl)cc2)/C(=C/c2ccc(Cl)cc2)C1. The second-order valence-electron chi connectivity index (χ2n) is 8.97. The molecule has 0 radical (unpaired) electrons. The highest BCUT2D eigenvalue weighted by molar-refractivity contribution is 8.16. The highest BCUT2D eigenvalue weighted by Gasteiger charge is 2.41. The van der Waals surface area contributed by atoms with Crippen LogP contribution in [0.5, 0.6) is 0 Å². The van der Waals surface area contributed by atoms with Crippen molar-refractivity contribution >= 4 is 51.9 Å². The van der Waals surface area contributed by atoms with Crippen molar-refractivity contribution in [1.82, 2.24) is 9.80 Å². The summed E-state index contributed by atoms with van der Waals surface area (Å²) in [4.78, 5) is 10.0. The Morgan fingerprint density at radius 2 is 1.57 bits per heavy atom. The van der Waals surface area contributed by atoms with E-state index >= 15 is 0 Å². The predicted octanol–water partition coefficient (Wildman–Crippen LogP) is 7.73. The summed E-state index contributed by atoms with van der Waals surface area (Å²) in [6.45, 7) is 1.69. The number of benzene rings is 3. The summed E-state index contributed by atoms with van der Waals surface area (Å²) >= 11 is 14.1. The Hall–Kier alpha value is -2.76. The van der Waals surface area contributed by atoms with Crippen LogP contribution in [0.15, 0.2) is 106 Å². The lowest BCUT2D eigenvalue weighted by Gasteiger charge is -2.42. The second-order valence-corrected chi connectivity index (χ2v) is 10.7. The third-order valence-corrected chi connectivity index (χ3v) is 7.84. The van der Waals surface area contributed by atoms with Gasteiger partial charge in [0.2, 0.25) is 0 Å². The molecular formula is C29H23Cl2N3S. The van der Waals surface area contributed by atoms with Crippen LogP contribution in [0.1, 0.15) is 22.7 Å². The summed E-state index contributed by atoms with van der Waals surface area (Å²) in [5.41, 5.74) is 8.32. The Balaban J connectivity index is 1.51. The Morgan fingerprint density at radius 3 is 2.29 bits per heavy atom.